The summed E-state index contributed by atoms with van der Waals surface area (Å²) < 4.78 is 23.8. The van der Waals surface area contributed by atoms with Gasteiger partial charge in [0.05, 0.1) is 18.1 Å². The van der Waals surface area contributed by atoms with Crippen LogP contribution in [0.2, 0.25) is 0 Å². The van der Waals surface area contributed by atoms with Crippen LogP contribution in [0.15, 0.2) is 22.8 Å². The van der Waals surface area contributed by atoms with Crippen molar-refractivity contribution in [3.05, 3.63) is 22.8 Å². The molecule has 6 heteroatoms. The highest BCUT2D eigenvalue weighted by atomic mass is 16.7. The van der Waals surface area contributed by atoms with Gasteiger partial charge in [-0.15, -0.1) is 0 Å². The van der Waals surface area contributed by atoms with E-state index in [4.69, 9.17) is 18.9 Å². The van der Waals surface area contributed by atoms with Gasteiger partial charge in [-0.25, -0.2) is 9.59 Å². The first-order valence-electron chi connectivity index (χ1n) is 9.68. The lowest BCUT2D eigenvalue weighted by molar-refractivity contribution is -0.236. The van der Waals surface area contributed by atoms with E-state index in [9.17, 15) is 9.59 Å². The Morgan fingerprint density at radius 2 is 2.04 bits per heavy atom. The van der Waals surface area contributed by atoms with Gasteiger partial charge in [-0.3, -0.25) is 0 Å². The van der Waals surface area contributed by atoms with E-state index in [0.29, 0.717) is 23.1 Å². The van der Waals surface area contributed by atoms with Crippen molar-refractivity contribution in [2.45, 2.75) is 77.5 Å². The second-order valence-electron chi connectivity index (χ2n) is 8.58. The van der Waals surface area contributed by atoms with Crippen LogP contribution < -0.4 is 0 Å². The van der Waals surface area contributed by atoms with E-state index in [0.717, 1.165) is 12.8 Å². The first kappa shape index (κ1) is 18.7. The van der Waals surface area contributed by atoms with E-state index in [-0.39, 0.29) is 18.0 Å². The minimum Gasteiger partial charge on any atom is -0.453 e. The molecule has 0 radical (unpaired) electrons. The summed E-state index contributed by atoms with van der Waals surface area (Å²) in [4.78, 5) is 25.2. The van der Waals surface area contributed by atoms with Crippen molar-refractivity contribution in [1.29, 1.82) is 0 Å². The highest BCUT2D eigenvalue weighted by molar-refractivity contribution is 5.93. The van der Waals surface area contributed by atoms with E-state index in [1.807, 2.05) is 0 Å². The largest absolute Gasteiger partial charge is 0.453 e. The zero-order chi connectivity index (χ0) is 19.8. The summed E-state index contributed by atoms with van der Waals surface area (Å²) in [5.41, 5.74) is 0.680. The lowest BCUT2D eigenvalue weighted by Crippen LogP contribution is -2.64. The predicted molar refractivity (Wildman–Crippen MR) is 96.6 cm³/mol. The summed E-state index contributed by atoms with van der Waals surface area (Å²) in [6.07, 6.45) is 3.55. The van der Waals surface area contributed by atoms with Crippen LogP contribution in [0.4, 0.5) is 0 Å². The van der Waals surface area contributed by atoms with Crippen molar-refractivity contribution in [2.75, 3.05) is 7.11 Å². The maximum absolute atomic E-state index is 12.7. The number of esters is 2. The smallest absolute Gasteiger partial charge is 0.336 e. The van der Waals surface area contributed by atoms with Crippen molar-refractivity contribution in [2.24, 2.45) is 11.3 Å². The van der Waals surface area contributed by atoms with Crippen LogP contribution in [0.1, 0.15) is 53.9 Å². The summed E-state index contributed by atoms with van der Waals surface area (Å²) in [6, 6.07) is 0. The van der Waals surface area contributed by atoms with Gasteiger partial charge >= 0.3 is 11.9 Å². The van der Waals surface area contributed by atoms with Crippen LogP contribution in [0.3, 0.4) is 0 Å². The standard InChI is InChI=1S/C21H28O6/c1-7-11(2)17(22)25-16-15-13(4)18(23)27-21(15,24-6)10-20-14(26-20)9-8-12(3)19(16,20)5/h7,12,14,16H,8-10H2,1-6H3. The molecule has 148 valence electrons. The molecule has 6 atom stereocenters. The molecular weight excluding hydrogens is 348 g/mol. The van der Waals surface area contributed by atoms with Crippen molar-refractivity contribution < 1.29 is 28.5 Å². The fourth-order valence-electron chi connectivity index (χ4n) is 5.50. The molecule has 4 rings (SSSR count). The van der Waals surface area contributed by atoms with Gasteiger partial charge in [0.2, 0.25) is 5.79 Å². The summed E-state index contributed by atoms with van der Waals surface area (Å²) in [5.74, 6) is -1.77. The van der Waals surface area contributed by atoms with Crippen LogP contribution >= 0.6 is 0 Å². The molecule has 2 heterocycles. The van der Waals surface area contributed by atoms with Gasteiger partial charge in [-0.1, -0.05) is 19.9 Å². The maximum atomic E-state index is 12.7. The predicted octanol–water partition coefficient (Wildman–Crippen LogP) is 3.06. The van der Waals surface area contributed by atoms with E-state index < -0.39 is 28.9 Å². The van der Waals surface area contributed by atoms with Gasteiger partial charge in [0.25, 0.3) is 0 Å². The number of carbonyl (C=O) groups excluding carboxylic acids is 2. The molecule has 1 spiro atoms. The molecule has 0 aromatic carbocycles. The quantitative estimate of drug-likeness (QED) is 0.428. The number of methoxy groups -OCH3 is 1. The molecule has 6 unspecified atom stereocenters. The molecule has 0 N–H and O–H groups in total. The normalized spacial score (nSPS) is 45.6. The first-order chi connectivity index (χ1) is 12.7. The molecule has 6 nitrogen and oxygen atoms in total. The van der Waals surface area contributed by atoms with Gasteiger partial charge < -0.3 is 18.9 Å². The van der Waals surface area contributed by atoms with E-state index >= 15 is 0 Å². The average molecular weight is 376 g/mol. The lowest BCUT2D eigenvalue weighted by atomic mass is 9.51. The molecule has 1 saturated heterocycles. The molecule has 0 aromatic heterocycles. The number of fused-ring (bicyclic) bond motifs is 1. The Morgan fingerprint density at radius 1 is 1.33 bits per heavy atom. The molecule has 3 fully saturated rings. The third-order valence-electron chi connectivity index (χ3n) is 7.60. The zero-order valence-corrected chi connectivity index (χ0v) is 16.9. The molecule has 2 aliphatic carbocycles. The van der Waals surface area contributed by atoms with E-state index in [1.54, 1.807) is 26.8 Å². The molecule has 0 amide bonds. The number of rotatable bonds is 3. The number of epoxide rings is 1. The summed E-state index contributed by atoms with van der Waals surface area (Å²) in [7, 11) is 1.53. The number of ether oxygens (including phenoxy) is 4. The highest BCUT2D eigenvalue weighted by Gasteiger charge is 2.81. The third-order valence-corrected chi connectivity index (χ3v) is 7.60. The minimum absolute atomic E-state index is 0.0795. The van der Waals surface area contributed by atoms with Crippen molar-refractivity contribution >= 4 is 11.9 Å². The summed E-state index contributed by atoms with van der Waals surface area (Å²) in [6.45, 7) is 9.56. The van der Waals surface area contributed by atoms with E-state index in [2.05, 4.69) is 13.8 Å². The summed E-state index contributed by atoms with van der Waals surface area (Å²) in [5, 5.41) is 0. The van der Waals surface area contributed by atoms with E-state index in [1.165, 1.54) is 7.11 Å². The fraction of sp³-hybridized carbons (Fsp3) is 0.714. The lowest BCUT2D eigenvalue weighted by Gasteiger charge is -2.55. The Kier molecular flexibility index (Phi) is 3.93. The van der Waals surface area contributed by atoms with Gasteiger partial charge in [-0.05, 0) is 39.5 Å². The third kappa shape index (κ3) is 2.14. The van der Waals surface area contributed by atoms with Crippen LogP contribution in [0.5, 0.6) is 0 Å². The highest BCUT2D eigenvalue weighted by Crippen LogP contribution is 2.71. The van der Waals surface area contributed by atoms with Crippen LogP contribution in [-0.4, -0.2) is 42.6 Å². The molecule has 27 heavy (non-hydrogen) atoms. The number of allylic oxidation sites excluding steroid dienone is 1. The first-order valence-corrected chi connectivity index (χ1v) is 9.68. The Balaban J connectivity index is 1.89. The Bertz CT molecular complexity index is 782. The minimum atomic E-state index is -1.22. The van der Waals surface area contributed by atoms with Gasteiger partial charge in [0, 0.05) is 23.7 Å². The molecular formula is C21H28O6. The van der Waals surface area contributed by atoms with Crippen molar-refractivity contribution in [1.82, 2.24) is 0 Å². The SMILES string of the molecule is CC=C(C)C(=O)OC1C2=C(C)C(=O)OC2(OC)CC23OC2CCC(C)C13C. The number of hydrogen-bond donors (Lipinski definition) is 0. The van der Waals surface area contributed by atoms with Gasteiger partial charge in [0.15, 0.2) is 0 Å². The van der Waals surface area contributed by atoms with Crippen LogP contribution in [0, 0.1) is 11.3 Å². The maximum Gasteiger partial charge on any atom is 0.336 e. The monoisotopic (exact) mass is 376 g/mol. The number of hydrogen-bond acceptors (Lipinski definition) is 6. The topological polar surface area (TPSA) is 74.4 Å². The van der Waals surface area contributed by atoms with Crippen molar-refractivity contribution in [3.63, 3.8) is 0 Å². The molecule has 2 saturated carbocycles. The second kappa shape index (κ2) is 5.67. The van der Waals surface area contributed by atoms with Gasteiger partial charge in [-0.2, -0.15) is 0 Å². The number of carbonyl (C=O) groups is 2. The van der Waals surface area contributed by atoms with Crippen LogP contribution in [-0.2, 0) is 28.5 Å². The Morgan fingerprint density at radius 3 is 2.67 bits per heavy atom. The molecule has 4 aliphatic rings. The fourth-order valence-corrected chi connectivity index (χ4v) is 5.50. The van der Waals surface area contributed by atoms with Crippen LogP contribution in [0.25, 0.3) is 0 Å². The average Bonchev–Trinajstić information content (AvgIpc) is 3.30. The van der Waals surface area contributed by atoms with Gasteiger partial charge in [0.1, 0.15) is 11.7 Å². The second-order valence-corrected chi connectivity index (χ2v) is 8.58. The Hall–Kier alpha value is -1.66. The summed E-state index contributed by atoms with van der Waals surface area (Å²) >= 11 is 0. The molecule has 2 aliphatic heterocycles. The molecule has 0 aromatic rings. The molecule has 0 bridgehead atoms. The zero-order valence-electron chi connectivity index (χ0n) is 16.9. The van der Waals surface area contributed by atoms with Crippen molar-refractivity contribution in [3.8, 4) is 0 Å². The Labute approximate surface area is 159 Å².